The molecule has 0 aliphatic rings. The van der Waals surface area contributed by atoms with Gasteiger partial charge < -0.3 is 9.47 Å². The smallest absolute Gasteiger partial charge is 0.435 e. The predicted octanol–water partition coefficient (Wildman–Crippen LogP) is 4.47. The Balaban J connectivity index is 0.000000331. The number of carbonyl (C=O) groups excluding carboxylic acids is 1. The summed E-state index contributed by atoms with van der Waals surface area (Å²) in [7, 11) is -6.74. The van der Waals surface area contributed by atoms with E-state index in [9.17, 15) is 22.2 Å². The topological polar surface area (TPSA) is 58.3 Å². The number of halogens is 4. The molecule has 0 amide bonds. The third-order valence-corrected chi connectivity index (χ3v) is 4.56. The van der Waals surface area contributed by atoms with Gasteiger partial charge in [-0.2, -0.15) is 0 Å². The van der Waals surface area contributed by atoms with Crippen LogP contribution in [0.15, 0.2) is 0 Å². The van der Waals surface area contributed by atoms with Crippen molar-refractivity contribution < 1.29 is 31.6 Å². The Bertz CT molecular complexity index is 378. The average Bonchev–Trinajstić information content (AvgIpc) is 2.33. The number of ether oxygens (including phenoxy) is 2. The Hall–Kier alpha value is -0.710. The van der Waals surface area contributed by atoms with Gasteiger partial charge in [0.2, 0.25) is 0 Å². The van der Waals surface area contributed by atoms with Crippen LogP contribution in [-0.4, -0.2) is 32.5 Å². The molecule has 1 aromatic heterocycles. The molecule has 1 heterocycles. The second-order valence-electron chi connectivity index (χ2n) is 2.26. The van der Waals surface area contributed by atoms with Crippen LogP contribution in [0.1, 0.15) is 13.8 Å². The van der Waals surface area contributed by atoms with E-state index in [1.165, 1.54) is 0 Å². The van der Waals surface area contributed by atoms with E-state index >= 15 is 0 Å². The Morgan fingerprint density at radius 2 is 1.78 bits per heavy atom. The van der Waals surface area contributed by atoms with Crippen LogP contribution < -0.4 is 0 Å². The summed E-state index contributed by atoms with van der Waals surface area (Å²) in [6.45, 7) is 4.21. The Morgan fingerprint density at radius 3 is 2.17 bits per heavy atom. The van der Waals surface area contributed by atoms with Gasteiger partial charge in [-0.3, -0.25) is 0 Å². The normalized spacial score (nSPS) is 11.7. The molecule has 1 rings (SSSR count). The molecule has 2 atom stereocenters. The summed E-state index contributed by atoms with van der Waals surface area (Å²) in [5.74, 6) is 0. The van der Waals surface area contributed by atoms with Crippen LogP contribution in [-0.2, 0) is 9.47 Å². The maximum atomic E-state index is 12.1. The van der Waals surface area contributed by atoms with E-state index in [0.717, 1.165) is 0 Å². The highest BCUT2D eigenvalue weighted by molar-refractivity contribution is 7.55. The molecule has 0 aliphatic carbocycles. The maximum absolute atomic E-state index is 12.1. The first kappa shape index (κ1) is 17.3. The van der Waals surface area contributed by atoms with Crippen molar-refractivity contribution in [3.05, 3.63) is 0 Å². The van der Waals surface area contributed by atoms with Crippen LogP contribution >= 0.6 is 24.8 Å². The predicted molar refractivity (Wildman–Crippen MR) is 60.4 cm³/mol. The summed E-state index contributed by atoms with van der Waals surface area (Å²) in [5, 5.41) is 0. The van der Waals surface area contributed by atoms with Gasteiger partial charge in [0, 0.05) is 0 Å². The molecular weight excluding hydrogens is 319 g/mol. The van der Waals surface area contributed by atoms with Gasteiger partial charge in [0.15, 0.2) is 8.51 Å². The van der Waals surface area contributed by atoms with Crippen LogP contribution in [0.5, 0.6) is 0 Å². The molecule has 0 bridgehead atoms. The van der Waals surface area contributed by atoms with Crippen molar-refractivity contribution in [2.75, 3.05) is 13.2 Å². The quantitative estimate of drug-likeness (QED) is 0.593. The minimum Gasteiger partial charge on any atom is -0.435 e. The first-order chi connectivity index (χ1) is 8.43. The van der Waals surface area contributed by atoms with Gasteiger partial charge in [-0.1, -0.05) is 17.6 Å². The van der Waals surface area contributed by atoms with E-state index in [1.807, 2.05) is 0 Å². The number of hydrogen-bond acceptors (Lipinski definition) is 4. The van der Waals surface area contributed by atoms with Crippen molar-refractivity contribution in [1.82, 2.24) is 13.1 Å². The van der Waals surface area contributed by atoms with Crippen LogP contribution in [0.3, 0.4) is 0 Å². The third kappa shape index (κ3) is 6.28. The van der Waals surface area contributed by atoms with Gasteiger partial charge in [-0.25, -0.2) is 4.79 Å². The van der Waals surface area contributed by atoms with Gasteiger partial charge in [-0.05, 0) is 13.8 Å². The lowest BCUT2D eigenvalue weighted by Gasteiger charge is -1.98. The fourth-order valence-corrected chi connectivity index (χ4v) is 3.45. The summed E-state index contributed by atoms with van der Waals surface area (Å²) in [6.07, 6.45) is -0.588. The summed E-state index contributed by atoms with van der Waals surface area (Å²) in [6, 6.07) is 0. The molecule has 0 fully saturated rings. The molecular formula is C5H10F4N3O3P3. The van der Waals surface area contributed by atoms with E-state index in [4.69, 9.17) is 0 Å². The van der Waals surface area contributed by atoms with Crippen molar-refractivity contribution in [2.24, 2.45) is 0 Å². The summed E-state index contributed by atoms with van der Waals surface area (Å²) >= 11 is 0. The van der Waals surface area contributed by atoms with E-state index in [2.05, 4.69) is 14.0 Å². The Labute approximate surface area is 104 Å². The molecule has 2 unspecified atom stereocenters. The fourth-order valence-electron chi connectivity index (χ4n) is 0.531. The van der Waals surface area contributed by atoms with E-state index in [-0.39, 0.29) is 0 Å². The minimum absolute atomic E-state index is 0.374. The monoisotopic (exact) mass is 329 g/mol. The van der Waals surface area contributed by atoms with E-state index < -0.39 is 39.6 Å². The summed E-state index contributed by atoms with van der Waals surface area (Å²) in [4.78, 5) is 10.2. The van der Waals surface area contributed by atoms with Gasteiger partial charge in [0.05, 0.1) is 13.2 Å². The standard InChI is InChI=1S/C5H10O3.F4N3P3/c1-3-7-5(6)8-4-2;1-6-8-5-9(3)7(2)10(6)4/h3-4H2,1-2H3;. The molecule has 18 heavy (non-hydrogen) atoms. The van der Waals surface area contributed by atoms with Crippen LogP contribution in [0.4, 0.5) is 22.2 Å². The SMILES string of the molecule is CCOC(=O)OCC.Fn1pnp(F)n(F)p1F. The van der Waals surface area contributed by atoms with Crippen LogP contribution in [0, 0.1) is 0 Å². The highest BCUT2D eigenvalue weighted by Gasteiger charge is 2.08. The van der Waals surface area contributed by atoms with Crippen molar-refractivity contribution >= 4 is 31.0 Å². The van der Waals surface area contributed by atoms with Crippen molar-refractivity contribution in [3.63, 3.8) is 0 Å². The Kier molecular flexibility index (Phi) is 8.89. The first-order valence-electron chi connectivity index (χ1n) is 4.48. The van der Waals surface area contributed by atoms with Crippen LogP contribution in [0.25, 0.3) is 0 Å². The number of rotatable bonds is 2. The molecule has 106 valence electrons. The molecule has 0 radical (unpaired) electrons. The summed E-state index contributed by atoms with van der Waals surface area (Å²) in [5.41, 5.74) is 0. The maximum Gasteiger partial charge on any atom is 0.508 e. The summed E-state index contributed by atoms with van der Waals surface area (Å²) < 4.78 is 58.3. The lowest BCUT2D eigenvalue weighted by Crippen LogP contribution is -2.05. The molecule has 13 heteroatoms. The van der Waals surface area contributed by atoms with Crippen molar-refractivity contribution in [1.29, 1.82) is 0 Å². The lowest BCUT2D eigenvalue weighted by molar-refractivity contribution is 0.0630. The number of nitrogens with zero attached hydrogens (tertiary/aromatic N) is 3. The largest absolute Gasteiger partial charge is 0.508 e. The highest BCUT2D eigenvalue weighted by Crippen LogP contribution is 2.40. The first-order valence-corrected chi connectivity index (χ1v) is 7.56. The van der Waals surface area contributed by atoms with Crippen LogP contribution in [0.2, 0.25) is 0 Å². The zero-order valence-electron chi connectivity index (χ0n) is 9.33. The number of aromatic nitrogens is 3. The van der Waals surface area contributed by atoms with E-state index in [0.29, 0.717) is 13.2 Å². The molecule has 0 saturated heterocycles. The van der Waals surface area contributed by atoms with Gasteiger partial charge in [-0.15, -0.1) is 12.9 Å². The molecule has 0 saturated carbocycles. The molecule has 0 N–H and O–H groups in total. The van der Waals surface area contributed by atoms with Crippen molar-refractivity contribution in [2.45, 2.75) is 13.8 Å². The van der Waals surface area contributed by atoms with Gasteiger partial charge >= 0.3 is 6.16 Å². The number of carbonyl (C=O) groups is 1. The molecule has 6 nitrogen and oxygen atoms in total. The van der Waals surface area contributed by atoms with Gasteiger partial charge in [0.25, 0.3) is 16.3 Å². The number of hydrogen-bond donors (Lipinski definition) is 0. The zero-order valence-corrected chi connectivity index (χ0v) is 12.0. The molecule has 0 aromatic carbocycles. The van der Waals surface area contributed by atoms with Gasteiger partial charge in [0.1, 0.15) is 0 Å². The second kappa shape index (κ2) is 9.25. The second-order valence-corrected chi connectivity index (χ2v) is 6.15. The Morgan fingerprint density at radius 1 is 1.28 bits per heavy atom. The zero-order chi connectivity index (χ0) is 14.1. The molecule has 0 spiro atoms. The average molecular weight is 329 g/mol. The fraction of sp³-hybridized carbons (Fsp3) is 0.800. The molecule has 1 aromatic rings. The van der Waals surface area contributed by atoms with Crippen molar-refractivity contribution in [3.8, 4) is 0 Å². The lowest BCUT2D eigenvalue weighted by atomic mass is 10.8. The highest BCUT2D eigenvalue weighted by atomic mass is 31.2. The van der Waals surface area contributed by atoms with E-state index in [1.54, 1.807) is 13.8 Å². The minimum atomic E-state index is -3.27. The third-order valence-electron chi connectivity index (χ3n) is 1.12. The molecule has 0 aliphatic heterocycles.